The number of benzene rings is 2. The van der Waals surface area contributed by atoms with E-state index in [1.807, 2.05) is 67.6 Å². The largest absolute Gasteiger partial charge is 0.353 e. The Labute approximate surface area is 182 Å². The molecule has 0 saturated heterocycles. The number of nitro groups is 1. The normalized spacial score (nSPS) is 10.9. The van der Waals surface area contributed by atoms with Crippen molar-refractivity contribution in [3.05, 3.63) is 89.0 Å². The van der Waals surface area contributed by atoms with Crippen LogP contribution in [0, 0.1) is 17.0 Å². The van der Waals surface area contributed by atoms with E-state index in [4.69, 9.17) is 0 Å². The van der Waals surface area contributed by atoms with Crippen molar-refractivity contribution < 1.29 is 4.92 Å². The molecule has 3 heterocycles. The number of hydrogen-bond acceptors (Lipinski definition) is 8. The summed E-state index contributed by atoms with van der Waals surface area (Å²) in [5, 5.41) is 19.9. The first kappa shape index (κ1) is 19.3. The van der Waals surface area contributed by atoms with Crippen LogP contribution in [0.3, 0.4) is 0 Å². The van der Waals surface area contributed by atoms with Crippen molar-refractivity contribution in [1.82, 2.24) is 19.9 Å². The van der Waals surface area contributed by atoms with Gasteiger partial charge in [0, 0.05) is 34.0 Å². The lowest BCUT2D eigenvalue weighted by atomic mass is 10.1. The minimum Gasteiger partial charge on any atom is -0.334 e. The van der Waals surface area contributed by atoms with Crippen molar-refractivity contribution in [2.75, 3.05) is 10.6 Å². The summed E-state index contributed by atoms with van der Waals surface area (Å²) >= 11 is 0. The molecule has 2 aromatic carbocycles. The number of pyridine rings is 2. The predicted molar refractivity (Wildman–Crippen MR) is 123 cm³/mol. The third-order valence-corrected chi connectivity index (χ3v) is 5.03. The van der Waals surface area contributed by atoms with E-state index in [1.54, 1.807) is 6.20 Å². The maximum absolute atomic E-state index is 12.0. The maximum Gasteiger partial charge on any atom is 0.353 e. The summed E-state index contributed by atoms with van der Waals surface area (Å²) in [5.41, 5.74) is 3.51. The van der Waals surface area contributed by atoms with Crippen molar-refractivity contribution >= 4 is 50.5 Å². The van der Waals surface area contributed by atoms with Crippen molar-refractivity contribution in [2.24, 2.45) is 0 Å². The molecule has 0 amide bonds. The molecule has 5 rings (SSSR count). The number of aromatic nitrogens is 4. The summed E-state index contributed by atoms with van der Waals surface area (Å²) in [5.74, 6) is 0.164. The van der Waals surface area contributed by atoms with Crippen molar-refractivity contribution in [1.29, 1.82) is 0 Å². The van der Waals surface area contributed by atoms with E-state index in [1.165, 1.54) is 6.33 Å². The topological polar surface area (TPSA) is 119 Å². The molecule has 3 aromatic heterocycles. The molecule has 156 valence electrons. The van der Waals surface area contributed by atoms with Gasteiger partial charge in [-0.15, -0.1) is 0 Å². The van der Waals surface area contributed by atoms with Crippen LogP contribution in [0.2, 0.25) is 0 Å². The molecule has 0 atom stereocenters. The Balaban J connectivity index is 1.58. The highest BCUT2D eigenvalue weighted by Crippen LogP contribution is 2.35. The average Bonchev–Trinajstić information content (AvgIpc) is 2.79. The molecule has 32 heavy (non-hydrogen) atoms. The zero-order chi connectivity index (χ0) is 22.1. The number of nitrogens with one attached hydrogen (secondary N) is 2. The molecule has 9 heteroatoms. The van der Waals surface area contributed by atoms with E-state index in [0.29, 0.717) is 11.4 Å². The molecular weight excluding hydrogens is 406 g/mol. The molecule has 5 aromatic rings. The standard InChI is InChI=1S/C23H17N7O2/c1-14-10-11-16-18(27-14)7-3-9-20(16)29-23-21(30(31)32)22(25-13-26-23)28-19-8-2-6-17-15(19)5-4-12-24-17/h2-13H,1H3,(H2,25,26,28,29). The highest BCUT2D eigenvalue weighted by atomic mass is 16.6. The lowest BCUT2D eigenvalue weighted by Gasteiger charge is -2.12. The second-order valence-electron chi connectivity index (χ2n) is 7.13. The number of aryl methyl sites for hydroxylation is 1. The van der Waals surface area contributed by atoms with Gasteiger partial charge in [-0.05, 0) is 55.5 Å². The van der Waals surface area contributed by atoms with Gasteiger partial charge >= 0.3 is 5.69 Å². The van der Waals surface area contributed by atoms with Gasteiger partial charge in [-0.3, -0.25) is 20.1 Å². The van der Waals surface area contributed by atoms with Gasteiger partial charge < -0.3 is 10.6 Å². The Bertz CT molecular complexity index is 1480. The number of nitrogens with zero attached hydrogens (tertiary/aromatic N) is 5. The van der Waals surface area contributed by atoms with E-state index in [-0.39, 0.29) is 17.3 Å². The molecule has 9 nitrogen and oxygen atoms in total. The Morgan fingerprint density at radius 3 is 2.12 bits per heavy atom. The summed E-state index contributed by atoms with van der Waals surface area (Å²) in [7, 11) is 0. The van der Waals surface area contributed by atoms with Gasteiger partial charge in [-0.2, -0.15) is 0 Å². The average molecular weight is 423 g/mol. The fraction of sp³-hybridized carbons (Fsp3) is 0.0435. The van der Waals surface area contributed by atoms with Crippen LogP contribution in [0.5, 0.6) is 0 Å². The molecule has 0 aliphatic rings. The fourth-order valence-electron chi connectivity index (χ4n) is 3.57. The third kappa shape index (κ3) is 3.52. The highest BCUT2D eigenvalue weighted by molar-refractivity contribution is 5.96. The second-order valence-corrected chi connectivity index (χ2v) is 7.13. The van der Waals surface area contributed by atoms with Crippen LogP contribution in [0.1, 0.15) is 5.69 Å². The van der Waals surface area contributed by atoms with Gasteiger partial charge in [0.15, 0.2) is 0 Å². The lowest BCUT2D eigenvalue weighted by Crippen LogP contribution is -2.06. The summed E-state index contributed by atoms with van der Waals surface area (Å²) in [6.07, 6.45) is 2.98. The zero-order valence-corrected chi connectivity index (χ0v) is 17.0. The van der Waals surface area contributed by atoms with E-state index in [9.17, 15) is 10.1 Å². The Kier molecular flexibility index (Phi) is 4.75. The van der Waals surface area contributed by atoms with Gasteiger partial charge in [0.2, 0.25) is 11.6 Å². The summed E-state index contributed by atoms with van der Waals surface area (Å²) in [6, 6.07) is 18.6. The quantitative estimate of drug-likeness (QED) is 0.290. The SMILES string of the molecule is Cc1ccc2c(Nc3ncnc(Nc4cccc5ncccc45)c3[N+](=O)[O-])cccc2n1. The monoisotopic (exact) mass is 423 g/mol. The molecular formula is C23H17N7O2. The Hall–Kier alpha value is -4.66. The molecule has 0 bridgehead atoms. The van der Waals surface area contributed by atoms with Gasteiger partial charge in [-0.1, -0.05) is 12.1 Å². The van der Waals surface area contributed by atoms with Crippen LogP contribution in [0.25, 0.3) is 21.8 Å². The molecule has 2 N–H and O–H groups in total. The second kappa shape index (κ2) is 7.88. The number of hydrogen-bond donors (Lipinski definition) is 2. The number of fused-ring (bicyclic) bond motifs is 2. The first-order valence-electron chi connectivity index (χ1n) is 9.84. The van der Waals surface area contributed by atoms with Crippen LogP contribution in [-0.2, 0) is 0 Å². The van der Waals surface area contributed by atoms with Gasteiger partial charge in [-0.25, -0.2) is 9.97 Å². The van der Waals surface area contributed by atoms with Crippen molar-refractivity contribution in [2.45, 2.75) is 6.92 Å². The van der Waals surface area contributed by atoms with Crippen LogP contribution in [0.15, 0.2) is 73.2 Å². The van der Waals surface area contributed by atoms with Crippen LogP contribution in [-0.4, -0.2) is 24.9 Å². The van der Waals surface area contributed by atoms with Crippen molar-refractivity contribution in [3.8, 4) is 0 Å². The molecule has 0 unspecified atom stereocenters. The summed E-state index contributed by atoms with van der Waals surface area (Å²) in [6.45, 7) is 1.91. The van der Waals surface area contributed by atoms with Gasteiger partial charge in [0.25, 0.3) is 0 Å². The predicted octanol–water partition coefficient (Wildman–Crippen LogP) is 5.28. The lowest BCUT2D eigenvalue weighted by molar-refractivity contribution is -0.383. The number of rotatable bonds is 5. The minimum absolute atomic E-state index is 0.0815. The smallest absolute Gasteiger partial charge is 0.334 e. The van der Waals surface area contributed by atoms with E-state index in [0.717, 1.165) is 27.5 Å². The van der Waals surface area contributed by atoms with Crippen LogP contribution >= 0.6 is 0 Å². The van der Waals surface area contributed by atoms with Crippen LogP contribution < -0.4 is 10.6 Å². The Morgan fingerprint density at radius 1 is 0.781 bits per heavy atom. The molecule has 0 radical (unpaired) electrons. The third-order valence-electron chi connectivity index (χ3n) is 5.03. The van der Waals surface area contributed by atoms with E-state index < -0.39 is 4.92 Å². The Morgan fingerprint density at radius 2 is 1.44 bits per heavy atom. The van der Waals surface area contributed by atoms with Crippen molar-refractivity contribution in [3.63, 3.8) is 0 Å². The zero-order valence-electron chi connectivity index (χ0n) is 17.0. The molecule has 0 saturated carbocycles. The minimum atomic E-state index is -0.498. The molecule has 0 spiro atoms. The van der Waals surface area contributed by atoms with E-state index in [2.05, 4.69) is 30.6 Å². The summed E-state index contributed by atoms with van der Waals surface area (Å²) < 4.78 is 0. The summed E-state index contributed by atoms with van der Waals surface area (Å²) in [4.78, 5) is 28.6. The first-order chi connectivity index (χ1) is 15.6. The fourth-order valence-corrected chi connectivity index (χ4v) is 3.57. The molecule has 0 fully saturated rings. The number of anilines is 4. The van der Waals surface area contributed by atoms with E-state index >= 15 is 0 Å². The van der Waals surface area contributed by atoms with Gasteiger partial charge in [0.05, 0.1) is 16.0 Å². The molecule has 0 aliphatic heterocycles. The van der Waals surface area contributed by atoms with Gasteiger partial charge in [0.1, 0.15) is 6.33 Å². The maximum atomic E-state index is 12.0. The van der Waals surface area contributed by atoms with Crippen LogP contribution in [0.4, 0.5) is 28.7 Å². The highest BCUT2D eigenvalue weighted by Gasteiger charge is 2.24. The first-order valence-corrected chi connectivity index (χ1v) is 9.84. The molecule has 0 aliphatic carbocycles.